The van der Waals surface area contributed by atoms with E-state index in [2.05, 4.69) is 10.1 Å². The van der Waals surface area contributed by atoms with Crippen LogP contribution < -0.4 is 11.5 Å². The molecule has 0 spiro atoms. The Balaban J connectivity index is 0.000000196. The third-order valence-corrected chi connectivity index (χ3v) is 3.32. The number of hydrogen-bond acceptors (Lipinski definition) is 5. The molecule has 0 radical (unpaired) electrons. The fourth-order valence-electron chi connectivity index (χ4n) is 2.13. The lowest BCUT2D eigenvalue weighted by Gasteiger charge is -2.02. The summed E-state index contributed by atoms with van der Waals surface area (Å²) in [5.74, 6) is -0.528. The predicted octanol–water partition coefficient (Wildman–Crippen LogP) is 1.82. The van der Waals surface area contributed by atoms with Crippen molar-refractivity contribution in [2.24, 2.45) is 5.73 Å². The number of nitrogen functional groups attached to an aromatic ring is 1. The predicted molar refractivity (Wildman–Crippen MR) is 95.1 cm³/mol. The maximum atomic E-state index is 10.6. The number of nitrogens with zero attached hydrogens (tertiary/aromatic N) is 3. The lowest BCUT2D eigenvalue weighted by molar-refractivity contribution is 0.100. The summed E-state index contributed by atoms with van der Waals surface area (Å²) in [6.45, 7) is 2.66. The molecule has 128 valence electrons. The van der Waals surface area contributed by atoms with Gasteiger partial charge in [-0.2, -0.15) is 5.10 Å². The first kappa shape index (κ1) is 17.9. The summed E-state index contributed by atoms with van der Waals surface area (Å²) in [6.07, 6.45) is 5.65. The van der Waals surface area contributed by atoms with Crippen molar-refractivity contribution in [3.05, 3.63) is 77.4 Å². The molecule has 0 saturated carbocycles. The van der Waals surface area contributed by atoms with Crippen molar-refractivity contribution in [1.82, 2.24) is 14.8 Å². The number of aryl methyl sites for hydroxylation is 1. The van der Waals surface area contributed by atoms with E-state index in [-0.39, 0.29) is 0 Å². The van der Waals surface area contributed by atoms with E-state index in [4.69, 9.17) is 11.5 Å². The Labute approximate surface area is 145 Å². The minimum Gasteiger partial charge on any atom is -0.397 e. The Morgan fingerprint density at radius 1 is 1.28 bits per heavy atom. The Bertz CT molecular complexity index is 873. The van der Waals surface area contributed by atoms with Gasteiger partial charge >= 0.3 is 0 Å². The fourth-order valence-corrected chi connectivity index (χ4v) is 2.13. The minimum absolute atomic E-state index is 0.315. The molecule has 0 unspecified atom stereocenters. The number of hydrogen-bond donors (Lipinski definition) is 2. The highest BCUT2D eigenvalue weighted by atomic mass is 16.1. The molecular weight excluding hydrogens is 318 g/mol. The van der Waals surface area contributed by atoms with Crippen LogP contribution in [0, 0.1) is 6.92 Å². The van der Waals surface area contributed by atoms with Gasteiger partial charge in [-0.15, -0.1) is 0 Å². The van der Waals surface area contributed by atoms with E-state index in [0.717, 1.165) is 17.5 Å². The van der Waals surface area contributed by atoms with Crippen LogP contribution in [0.1, 0.15) is 32.0 Å². The number of benzene rings is 1. The zero-order valence-electron chi connectivity index (χ0n) is 13.8. The monoisotopic (exact) mass is 337 g/mol. The van der Waals surface area contributed by atoms with Crippen molar-refractivity contribution in [3.63, 3.8) is 0 Å². The fraction of sp³-hybridized carbons (Fsp3) is 0.111. The third-order valence-electron chi connectivity index (χ3n) is 3.32. The molecule has 0 fully saturated rings. The minimum atomic E-state index is -0.528. The summed E-state index contributed by atoms with van der Waals surface area (Å²) in [5.41, 5.74) is 13.7. The number of nitrogens with two attached hydrogens (primary N) is 2. The average Bonchev–Trinajstić information content (AvgIpc) is 3.00. The first-order valence-corrected chi connectivity index (χ1v) is 7.53. The van der Waals surface area contributed by atoms with Crippen LogP contribution in [0.3, 0.4) is 0 Å². The highest BCUT2D eigenvalue weighted by Crippen LogP contribution is 2.06. The van der Waals surface area contributed by atoms with E-state index in [1.54, 1.807) is 6.07 Å². The van der Waals surface area contributed by atoms with Crippen molar-refractivity contribution >= 4 is 17.9 Å². The maximum absolute atomic E-state index is 10.6. The van der Waals surface area contributed by atoms with Crippen LogP contribution >= 0.6 is 0 Å². The number of carbonyl (C=O) groups excluding carboxylic acids is 2. The summed E-state index contributed by atoms with van der Waals surface area (Å²) in [7, 11) is 0. The van der Waals surface area contributed by atoms with Crippen molar-refractivity contribution in [1.29, 1.82) is 0 Å². The van der Waals surface area contributed by atoms with Crippen molar-refractivity contribution in [2.45, 2.75) is 13.5 Å². The molecule has 0 bridgehead atoms. The molecule has 25 heavy (non-hydrogen) atoms. The number of aromatic nitrogens is 3. The number of primary amides is 1. The molecule has 0 aliphatic rings. The van der Waals surface area contributed by atoms with Gasteiger partial charge in [0.25, 0.3) is 5.91 Å². The van der Waals surface area contributed by atoms with Crippen LogP contribution in [0.5, 0.6) is 0 Å². The summed E-state index contributed by atoms with van der Waals surface area (Å²) in [5, 5.41) is 4.29. The second-order valence-corrected chi connectivity index (χ2v) is 5.34. The van der Waals surface area contributed by atoms with Crippen LogP contribution in [-0.2, 0) is 6.54 Å². The van der Waals surface area contributed by atoms with E-state index in [1.165, 1.54) is 18.5 Å². The van der Waals surface area contributed by atoms with Crippen LogP contribution in [0.2, 0.25) is 0 Å². The van der Waals surface area contributed by atoms with E-state index in [0.29, 0.717) is 23.4 Å². The maximum Gasteiger partial charge on any atom is 0.250 e. The first-order valence-electron chi connectivity index (χ1n) is 7.53. The normalized spacial score (nSPS) is 9.80. The Morgan fingerprint density at radius 3 is 2.64 bits per heavy atom. The standard InChI is InChI=1S/C12H12N2O.C6H7N3O/c1-10-5-6-14(13-10)8-11-3-2-4-12(7-11)9-15;7-5-3-9-2-1-4(5)6(8)10/h2-7,9H,8H2,1H3;1-3H,7H2,(H2,8,10). The zero-order valence-corrected chi connectivity index (χ0v) is 13.8. The topological polar surface area (TPSA) is 117 Å². The number of rotatable bonds is 4. The van der Waals surface area contributed by atoms with Gasteiger partial charge in [-0.05, 0) is 30.7 Å². The van der Waals surface area contributed by atoms with Gasteiger partial charge in [-0.25, -0.2) is 0 Å². The second-order valence-electron chi connectivity index (χ2n) is 5.34. The summed E-state index contributed by atoms with van der Waals surface area (Å²) in [6, 6.07) is 11.0. The molecule has 1 aromatic carbocycles. The molecule has 3 rings (SSSR count). The molecule has 3 aromatic rings. The molecule has 7 heteroatoms. The summed E-state index contributed by atoms with van der Waals surface area (Å²) < 4.78 is 1.86. The van der Waals surface area contributed by atoms with Crippen molar-refractivity contribution < 1.29 is 9.59 Å². The van der Waals surface area contributed by atoms with Gasteiger partial charge in [0, 0.05) is 18.0 Å². The van der Waals surface area contributed by atoms with Crippen molar-refractivity contribution in [3.8, 4) is 0 Å². The molecule has 0 aliphatic heterocycles. The molecule has 0 aliphatic carbocycles. The first-order chi connectivity index (χ1) is 12.0. The highest BCUT2D eigenvalue weighted by molar-refractivity contribution is 5.97. The quantitative estimate of drug-likeness (QED) is 0.704. The molecule has 7 nitrogen and oxygen atoms in total. The SMILES string of the molecule is Cc1ccn(Cc2cccc(C=O)c2)n1.NC(=O)c1ccncc1N. The molecule has 0 saturated heterocycles. The van der Waals surface area contributed by atoms with E-state index in [1.807, 2.05) is 42.1 Å². The number of carbonyl (C=O) groups is 2. The summed E-state index contributed by atoms with van der Waals surface area (Å²) in [4.78, 5) is 24.8. The second kappa shape index (κ2) is 8.39. The van der Waals surface area contributed by atoms with Gasteiger partial charge in [-0.3, -0.25) is 19.3 Å². The summed E-state index contributed by atoms with van der Waals surface area (Å²) >= 11 is 0. The smallest absolute Gasteiger partial charge is 0.250 e. The number of amides is 1. The van der Waals surface area contributed by atoms with Crippen molar-refractivity contribution in [2.75, 3.05) is 5.73 Å². The lowest BCUT2D eigenvalue weighted by Crippen LogP contribution is -2.13. The Morgan fingerprint density at radius 2 is 2.08 bits per heavy atom. The molecule has 0 atom stereocenters. The number of anilines is 1. The molecule has 1 amide bonds. The Kier molecular flexibility index (Phi) is 6.00. The molecule has 2 aromatic heterocycles. The number of aldehydes is 1. The van der Waals surface area contributed by atoms with Gasteiger partial charge in [0.15, 0.2) is 0 Å². The largest absolute Gasteiger partial charge is 0.397 e. The molecular formula is C18H19N5O2. The lowest BCUT2D eigenvalue weighted by atomic mass is 10.1. The van der Waals surface area contributed by atoms with E-state index < -0.39 is 5.91 Å². The third kappa shape index (κ3) is 5.28. The van der Waals surface area contributed by atoms with Crippen LogP contribution in [0.4, 0.5) is 5.69 Å². The van der Waals surface area contributed by atoms with Crippen LogP contribution in [-0.4, -0.2) is 27.0 Å². The highest BCUT2D eigenvalue weighted by Gasteiger charge is 2.02. The van der Waals surface area contributed by atoms with E-state index in [9.17, 15) is 9.59 Å². The number of pyridine rings is 1. The van der Waals surface area contributed by atoms with Gasteiger partial charge in [0.1, 0.15) is 6.29 Å². The zero-order chi connectivity index (χ0) is 18.2. The van der Waals surface area contributed by atoms with Gasteiger partial charge in [0.05, 0.1) is 29.7 Å². The van der Waals surface area contributed by atoms with Gasteiger partial charge < -0.3 is 11.5 Å². The average molecular weight is 337 g/mol. The Hall–Kier alpha value is -3.48. The van der Waals surface area contributed by atoms with Crippen LogP contribution in [0.25, 0.3) is 0 Å². The molecule has 2 heterocycles. The van der Waals surface area contributed by atoms with Gasteiger partial charge in [-0.1, -0.05) is 18.2 Å². The van der Waals surface area contributed by atoms with Crippen LogP contribution in [0.15, 0.2) is 55.0 Å². The van der Waals surface area contributed by atoms with Gasteiger partial charge in [0.2, 0.25) is 0 Å². The molecule has 4 N–H and O–H groups in total. The van der Waals surface area contributed by atoms with E-state index >= 15 is 0 Å².